The van der Waals surface area contributed by atoms with E-state index >= 15 is 0 Å². The van der Waals surface area contributed by atoms with Gasteiger partial charge in [-0.25, -0.2) is 4.98 Å². The van der Waals surface area contributed by atoms with Gasteiger partial charge in [0.2, 0.25) is 0 Å². The molecule has 2 aromatic carbocycles. The topological polar surface area (TPSA) is 59.2 Å². The molecular formula is C20H24BrN3O2. The standard InChI is InChI=1S/C20H24BrN3O2/c1-3-10-26-19-12-15(21)14(11-18(19)25-2)13-22-9-8-20-23-16-6-4-5-7-17(16)24-20/h4-7,11-12,22H,3,8-10,13H2,1-2H3,(H,23,24). The third-order valence-corrected chi connectivity index (χ3v) is 4.83. The molecule has 0 radical (unpaired) electrons. The lowest BCUT2D eigenvalue weighted by molar-refractivity contribution is 0.294. The molecule has 1 heterocycles. The molecule has 138 valence electrons. The Balaban J connectivity index is 1.57. The van der Waals surface area contributed by atoms with Crippen LogP contribution in [0.1, 0.15) is 24.7 Å². The first-order valence-electron chi connectivity index (χ1n) is 8.84. The number of benzene rings is 2. The van der Waals surface area contributed by atoms with Crippen molar-refractivity contribution in [3.8, 4) is 11.5 Å². The number of hydrogen-bond acceptors (Lipinski definition) is 4. The molecule has 0 saturated carbocycles. The minimum Gasteiger partial charge on any atom is -0.493 e. The second-order valence-corrected chi connectivity index (χ2v) is 6.92. The summed E-state index contributed by atoms with van der Waals surface area (Å²) in [5.41, 5.74) is 3.23. The molecule has 2 N–H and O–H groups in total. The quantitative estimate of drug-likeness (QED) is 0.504. The van der Waals surface area contributed by atoms with Gasteiger partial charge in [-0.05, 0) is 36.2 Å². The predicted molar refractivity (Wildman–Crippen MR) is 108 cm³/mol. The molecule has 0 saturated heterocycles. The van der Waals surface area contributed by atoms with E-state index < -0.39 is 0 Å². The number of hydrogen-bond donors (Lipinski definition) is 2. The van der Waals surface area contributed by atoms with Crippen molar-refractivity contribution in [2.45, 2.75) is 26.3 Å². The van der Waals surface area contributed by atoms with Crippen molar-refractivity contribution in [2.75, 3.05) is 20.3 Å². The second-order valence-electron chi connectivity index (χ2n) is 6.07. The van der Waals surface area contributed by atoms with Crippen LogP contribution in [0.4, 0.5) is 0 Å². The maximum Gasteiger partial charge on any atom is 0.162 e. The summed E-state index contributed by atoms with van der Waals surface area (Å²) in [6.07, 6.45) is 1.81. The highest BCUT2D eigenvalue weighted by Crippen LogP contribution is 2.33. The van der Waals surface area contributed by atoms with E-state index in [2.05, 4.69) is 38.1 Å². The van der Waals surface area contributed by atoms with Crippen molar-refractivity contribution in [2.24, 2.45) is 0 Å². The van der Waals surface area contributed by atoms with Crippen molar-refractivity contribution in [1.82, 2.24) is 15.3 Å². The Hall–Kier alpha value is -2.05. The fraction of sp³-hybridized carbons (Fsp3) is 0.350. The van der Waals surface area contributed by atoms with Gasteiger partial charge in [0.25, 0.3) is 0 Å². The highest BCUT2D eigenvalue weighted by Gasteiger charge is 2.10. The van der Waals surface area contributed by atoms with E-state index in [4.69, 9.17) is 9.47 Å². The largest absolute Gasteiger partial charge is 0.493 e. The summed E-state index contributed by atoms with van der Waals surface area (Å²) in [5, 5.41) is 3.46. The number of fused-ring (bicyclic) bond motifs is 1. The lowest BCUT2D eigenvalue weighted by Crippen LogP contribution is -2.17. The highest BCUT2D eigenvalue weighted by molar-refractivity contribution is 9.10. The number of halogens is 1. The van der Waals surface area contributed by atoms with E-state index in [-0.39, 0.29) is 0 Å². The Kier molecular flexibility index (Phi) is 6.52. The van der Waals surface area contributed by atoms with Gasteiger partial charge in [0.15, 0.2) is 11.5 Å². The number of aromatic amines is 1. The molecule has 0 aliphatic heterocycles. The monoisotopic (exact) mass is 417 g/mol. The highest BCUT2D eigenvalue weighted by atomic mass is 79.9. The van der Waals surface area contributed by atoms with E-state index in [9.17, 15) is 0 Å². The number of nitrogens with zero attached hydrogens (tertiary/aromatic N) is 1. The first-order chi connectivity index (χ1) is 12.7. The zero-order valence-electron chi connectivity index (χ0n) is 15.1. The fourth-order valence-corrected chi connectivity index (χ4v) is 3.21. The molecular weight excluding hydrogens is 394 g/mol. The zero-order valence-corrected chi connectivity index (χ0v) is 16.7. The molecule has 0 fully saturated rings. The number of ether oxygens (including phenoxy) is 2. The van der Waals surface area contributed by atoms with Crippen LogP contribution in [-0.2, 0) is 13.0 Å². The Morgan fingerprint density at radius 3 is 2.81 bits per heavy atom. The molecule has 0 amide bonds. The van der Waals surface area contributed by atoms with Crippen molar-refractivity contribution in [1.29, 1.82) is 0 Å². The summed E-state index contributed by atoms with van der Waals surface area (Å²) in [5.74, 6) is 2.53. The summed E-state index contributed by atoms with van der Waals surface area (Å²) < 4.78 is 12.2. The van der Waals surface area contributed by atoms with Gasteiger partial charge in [0.1, 0.15) is 5.82 Å². The number of aromatic nitrogens is 2. The average molecular weight is 418 g/mol. The van der Waals surface area contributed by atoms with Crippen molar-refractivity contribution in [3.05, 3.63) is 52.3 Å². The van der Waals surface area contributed by atoms with Gasteiger partial charge in [-0.15, -0.1) is 0 Å². The second kappa shape index (κ2) is 9.05. The van der Waals surface area contributed by atoms with E-state index in [1.165, 1.54) is 0 Å². The van der Waals surface area contributed by atoms with Crippen molar-refractivity contribution in [3.63, 3.8) is 0 Å². The molecule has 6 heteroatoms. The Morgan fingerprint density at radius 1 is 1.19 bits per heavy atom. The number of para-hydroxylation sites is 2. The fourth-order valence-electron chi connectivity index (χ4n) is 2.75. The first kappa shape index (κ1) is 18.7. The van der Waals surface area contributed by atoms with Crippen LogP contribution in [0, 0.1) is 0 Å². The van der Waals surface area contributed by atoms with Crippen LogP contribution < -0.4 is 14.8 Å². The minimum absolute atomic E-state index is 0.678. The average Bonchev–Trinajstić information content (AvgIpc) is 3.07. The van der Waals surface area contributed by atoms with E-state index in [0.29, 0.717) is 6.61 Å². The molecule has 0 bridgehead atoms. The van der Waals surface area contributed by atoms with Gasteiger partial charge in [0, 0.05) is 24.0 Å². The van der Waals surface area contributed by atoms with Crippen LogP contribution in [0.3, 0.4) is 0 Å². The number of methoxy groups -OCH3 is 1. The van der Waals surface area contributed by atoms with Crippen LogP contribution in [-0.4, -0.2) is 30.2 Å². The zero-order chi connectivity index (χ0) is 18.4. The molecule has 0 unspecified atom stereocenters. The lowest BCUT2D eigenvalue weighted by atomic mass is 10.2. The minimum atomic E-state index is 0.678. The molecule has 3 aromatic rings. The lowest BCUT2D eigenvalue weighted by Gasteiger charge is -2.14. The maximum absolute atomic E-state index is 5.74. The summed E-state index contributed by atoms with van der Waals surface area (Å²) in [4.78, 5) is 7.95. The van der Waals surface area contributed by atoms with Gasteiger partial charge in [-0.1, -0.05) is 35.0 Å². The maximum atomic E-state index is 5.74. The van der Waals surface area contributed by atoms with Gasteiger partial charge in [-0.2, -0.15) is 0 Å². The van der Waals surface area contributed by atoms with Gasteiger partial charge >= 0.3 is 0 Å². The molecule has 0 spiro atoms. The number of rotatable bonds is 9. The molecule has 0 aliphatic rings. The number of H-pyrrole nitrogens is 1. The number of imidazole rings is 1. The SMILES string of the molecule is CCCOc1cc(Br)c(CNCCc2nc3ccccc3[nH]2)cc1OC. The Bertz CT molecular complexity index is 830. The molecule has 26 heavy (non-hydrogen) atoms. The summed E-state index contributed by atoms with van der Waals surface area (Å²) >= 11 is 3.63. The normalized spacial score (nSPS) is 11.0. The smallest absolute Gasteiger partial charge is 0.162 e. The summed E-state index contributed by atoms with van der Waals surface area (Å²) in [6.45, 7) is 4.34. The van der Waals surface area contributed by atoms with Crippen LogP contribution in [0.25, 0.3) is 11.0 Å². The molecule has 0 aliphatic carbocycles. The van der Waals surface area contributed by atoms with E-state index in [1.54, 1.807) is 7.11 Å². The summed E-state index contributed by atoms with van der Waals surface area (Å²) in [7, 11) is 1.67. The molecule has 1 aromatic heterocycles. The van der Waals surface area contributed by atoms with E-state index in [0.717, 1.165) is 64.3 Å². The van der Waals surface area contributed by atoms with E-state index in [1.807, 2.05) is 36.4 Å². The molecule has 5 nitrogen and oxygen atoms in total. The third-order valence-electron chi connectivity index (χ3n) is 4.09. The first-order valence-corrected chi connectivity index (χ1v) is 9.64. The Morgan fingerprint density at radius 2 is 2.04 bits per heavy atom. The van der Waals surface area contributed by atoms with Crippen LogP contribution >= 0.6 is 15.9 Å². The van der Waals surface area contributed by atoms with Crippen molar-refractivity contribution >= 4 is 27.0 Å². The Labute approximate surface area is 162 Å². The van der Waals surface area contributed by atoms with Gasteiger partial charge < -0.3 is 19.8 Å². The van der Waals surface area contributed by atoms with Crippen LogP contribution in [0.15, 0.2) is 40.9 Å². The predicted octanol–water partition coefficient (Wildman–Crippen LogP) is 4.46. The van der Waals surface area contributed by atoms with Crippen molar-refractivity contribution < 1.29 is 9.47 Å². The third kappa shape index (κ3) is 4.56. The number of nitrogens with one attached hydrogen (secondary N) is 2. The van der Waals surface area contributed by atoms with Crippen LogP contribution in [0.2, 0.25) is 0 Å². The summed E-state index contributed by atoms with van der Waals surface area (Å²) in [6, 6.07) is 12.1. The van der Waals surface area contributed by atoms with Crippen LogP contribution in [0.5, 0.6) is 11.5 Å². The molecule has 0 atom stereocenters. The van der Waals surface area contributed by atoms with Gasteiger partial charge in [-0.3, -0.25) is 0 Å². The molecule has 3 rings (SSSR count). The van der Waals surface area contributed by atoms with Gasteiger partial charge in [0.05, 0.1) is 24.8 Å².